The molecule has 0 aliphatic rings. The number of ketones is 1. The molecule has 0 aliphatic heterocycles. The molecule has 13 heavy (non-hydrogen) atoms. The van der Waals surface area contributed by atoms with Crippen molar-refractivity contribution in [3.05, 3.63) is 11.3 Å². The van der Waals surface area contributed by atoms with E-state index in [9.17, 15) is 9.90 Å². The summed E-state index contributed by atoms with van der Waals surface area (Å²) in [7, 11) is 0. The van der Waals surface area contributed by atoms with Crippen LogP contribution in [0.2, 0.25) is 0 Å². The second kappa shape index (κ2) is 5.05. The molecule has 0 rings (SSSR count). The van der Waals surface area contributed by atoms with E-state index in [1.165, 1.54) is 0 Å². The minimum atomic E-state index is 0.0381. The van der Waals surface area contributed by atoms with Crippen LogP contribution in [0.4, 0.5) is 0 Å². The van der Waals surface area contributed by atoms with Crippen molar-refractivity contribution in [2.75, 3.05) is 0 Å². The maximum absolute atomic E-state index is 11.5. The Labute approximate surface area is 80.7 Å². The molecule has 2 heteroatoms. The van der Waals surface area contributed by atoms with Gasteiger partial charge >= 0.3 is 0 Å². The van der Waals surface area contributed by atoms with Gasteiger partial charge in [0.15, 0.2) is 5.78 Å². The number of rotatable bonds is 4. The van der Waals surface area contributed by atoms with Crippen LogP contribution in [0.3, 0.4) is 0 Å². The molecule has 0 unspecified atom stereocenters. The molecule has 0 aromatic carbocycles. The first-order valence-electron chi connectivity index (χ1n) is 4.79. The van der Waals surface area contributed by atoms with E-state index in [4.69, 9.17) is 0 Å². The quantitative estimate of drug-likeness (QED) is 0.538. The van der Waals surface area contributed by atoms with Gasteiger partial charge in [0.25, 0.3) is 0 Å². The number of allylic oxidation sites excluding steroid dienone is 2. The molecule has 1 N–H and O–H groups in total. The molecule has 0 saturated heterocycles. The first-order valence-corrected chi connectivity index (χ1v) is 4.79. The zero-order chi connectivity index (χ0) is 10.6. The van der Waals surface area contributed by atoms with Crippen LogP contribution in [0.25, 0.3) is 0 Å². The van der Waals surface area contributed by atoms with Crippen LogP contribution in [0, 0.1) is 11.8 Å². The molecule has 0 heterocycles. The summed E-state index contributed by atoms with van der Waals surface area (Å²) in [5, 5.41) is 9.54. The standard InChI is InChI=1S/C11H20O2/c1-7(2)6-10(12)9(5)11(13)8(3)4/h7-8,13H,6H2,1-5H3/b11-9-. The van der Waals surface area contributed by atoms with E-state index in [0.717, 1.165) is 0 Å². The first-order chi connectivity index (χ1) is 5.86. The molecule has 0 aromatic heterocycles. The van der Waals surface area contributed by atoms with Gasteiger partial charge in [0, 0.05) is 17.9 Å². The van der Waals surface area contributed by atoms with Crippen LogP contribution in [0.15, 0.2) is 11.3 Å². The number of carbonyl (C=O) groups excluding carboxylic acids is 1. The largest absolute Gasteiger partial charge is 0.512 e. The Balaban J connectivity index is 4.49. The van der Waals surface area contributed by atoms with Crippen molar-refractivity contribution in [1.29, 1.82) is 0 Å². The van der Waals surface area contributed by atoms with Gasteiger partial charge in [-0.3, -0.25) is 4.79 Å². The van der Waals surface area contributed by atoms with Crippen molar-refractivity contribution in [3.63, 3.8) is 0 Å². The number of aliphatic hydroxyl groups excluding tert-OH is 1. The van der Waals surface area contributed by atoms with Gasteiger partial charge in [-0.05, 0) is 12.8 Å². The maximum Gasteiger partial charge on any atom is 0.162 e. The number of hydrogen-bond donors (Lipinski definition) is 1. The lowest BCUT2D eigenvalue weighted by Crippen LogP contribution is -2.09. The van der Waals surface area contributed by atoms with E-state index in [2.05, 4.69) is 0 Å². The van der Waals surface area contributed by atoms with Crippen molar-refractivity contribution >= 4 is 5.78 Å². The van der Waals surface area contributed by atoms with E-state index < -0.39 is 0 Å². The topological polar surface area (TPSA) is 37.3 Å². The van der Waals surface area contributed by atoms with E-state index in [1.54, 1.807) is 6.92 Å². The van der Waals surface area contributed by atoms with Gasteiger partial charge in [-0.25, -0.2) is 0 Å². The molecule has 0 aliphatic carbocycles. The zero-order valence-electron chi connectivity index (χ0n) is 9.22. The van der Waals surface area contributed by atoms with Gasteiger partial charge in [0.2, 0.25) is 0 Å². The fourth-order valence-corrected chi connectivity index (χ4v) is 1.10. The Morgan fingerprint density at radius 1 is 1.23 bits per heavy atom. The molecule has 2 nitrogen and oxygen atoms in total. The summed E-state index contributed by atoms with van der Waals surface area (Å²) >= 11 is 0. The highest BCUT2D eigenvalue weighted by Crippen LogP contribution is 2.15. The van der Waals surface area contributed by atoms with Crippen LogP contribution >= 0.6 is 0 Å². The molecule has 0 atom stereocenters. The molecule has 0 amide bonds. The molecular weight excluding hydrogens is 164 g/mol. The van der Waals surface area contributed by atoms with Crippen LogP contribution in [0.5, 0.6) is 0 Å². The van der Waals surface area contributed by atoms with Crippen molar-refractivity contribution in [2.45, 2.75) is 41.0 Å². The minimum Gasteiger partial charge on any atom is -0.512 e. The summed E-state index contributed by atoms with van der Waals surface area (Å²) in [4.78, 5) is 11.5. The highest BCUT2D eigenvalue weighted by atomic mass is 16.3. The predicted octanol–water partition coefficient (Wildman–Crippen LogP) is 3.09. The fourth-order valence-electron chi connectivity index (χ4n) is 1.10. The Kier molecular flexibility index (Phi) is 4.74. The number of Topliss-reactive ketones (excluding diaryl/α,β-unsaturated/α-hetero) is 1. The average molecular weight is 184 g/mol. The highest BCUT2D eigenvalue weighted by molar-refractivity contribution is 5.95. The van der Waals surface area contributed by atoms with Gasteiger partial charge in [-0.2, -0.15) is 0 Å². The van der Waals surface area contributed by atoms with Gasteiger partial charge in [-0.1, -0.05) is 27.7 Å². The van der Waals surface area contributed by atoms with Crippen molar-refractivity contribution in [2.24, 2.45) is 11.8 Å². The molecule has 0 bridgehead atoms. The van der Waals surface area contributed by atoms with Crippen molar-refractivity contribution in [3.8, 4) is 0 Å². The zero-order valence-corrected chi connectivity index (χ0v) is 9.22. The van der Waals surface area contributed by atoms with Crippen molar-refractivity contribution in [1.82, 2.24) is 0 Å². The summed E-state index contributed by atoms with van der Waals surface area (Å²) in [5.74, 6) is 0.672. The second-order valence-corrected chi connectivity index (χ2v) is 4.19. The van der Waals surface area contributed by atoms with Crippen LogP contribution < -0.4 is 0 Å². The Morgan fingerprint density at radius 2 is 1.69 bits per heavy atom. The summed E-state index contributed by atoms with van der Waals surface area (Å²) in [5.41, 5.74) is 0.517. The van der Waals surface area contributed by atoms with Gasteiger partial charge < -0.3 is 5.11 Å². The van der Waals surface area contributed by atoms with E-state index in [1.807, 2.05) is 27.7 Å². The van der Waals surface area contributed by atoms with Crippen LogP contribution in [0.1, 0.15) is 41.0 Å². The minimum absolute atomic E-state index is 0.0381. The van der Waals surface area contributed by atoms with E-state index >= 15 is 0 Å². The van der Waals surface area contributed by atoms with Crippen LogP contribution in [-0.4, -0.2) is 10.9 Å². The molecule has 0 saturated carbocycles. The number of carbonyl (C=O) groups is 1. The lowest BCUT2D eigenvalue weighted by atomic mass is 9.98. The smallest absolute Gasteiger partial charge is 0.162 e. The lowest BCUT2D eigenvalue weighted by molar-refractivity contribution is -0.116. The fraction of sp³-hybridized carbons (Fsp3) is 0.727. The SMILES string of the molecule is C/C(C(=O)CC(C)C)=C(/O)C(C)C. The van der Waals surface area contributed by atoms with Crippen molar-refractivity contribution < 1.29 is 9.90 Å². The first kappa shape index (κ1) is 12.2. The third-order valence-corrected chi connectivity index (χ3v) is 1.94. The molecule has 0 spiro atoms. The Bertz CT molecular complexity index is 212. The molecule has 0 radical (unpaired) electrons. The van der Waals surface area contributed by atoms with E-state index in [0.29, 0.717) is 17.9 Å². The summed E-state index contributed by atoms with van der Waals surface area (Å²) in [6.45, 7) is 9.44. The summed E-state index contributed by atoms with van der Waals surface area (Å²) in [6, 6.07) is 0. The number of hydrogen-bond acceptors (Lipinski definition) is 2. The lowest BCUT2D eigenvalue weighted by Gasteiger charge is -2.09. The predicted molar refractivity (Wildman–Crippen MR) is 54.6 cm³/mol. The monoisotopic (exact) mass is 184 g/mol. The maximum atomic E-state index is 11.5. The van der Waals surface area contributed by atoms with Gasteiger partial charge in [-0.15, -0.1) is 0 Å². The molecule has 0 fully saturated rings. The second-order valence-electron chi connectivity index (χ2n) is 4.19. The average Bonchev–Trinajstić information content (AvgIpc) is 2.00. The molecule has 76 valence electrons. The number of aliphatic hydroxyl groups is 1. The van der Waals surface area contributed by atoms with Crippen LogP contribution in [-0.2, 0) is 4.79 Å². The summed E-state index contributed by atoms with van der Waals surface area (Å²) < 4.78 is 0. The Hall–Kier alpha value is -0.790. The highest BCUT2D eigenvalue weighted by Gasteiger charge is 2.13. The molecular formula is C11H20O2. The third kappa shape index (κ3) is 4.11. The van der Waals surface area contributed by atoms with E-state index in [-0.39, 0.29) is 17.5 Å². The van der Waals surface area contributed by atoms with Gasteiger partial charge in [0.05, 0.1) is 0 Å². The summed E-state index contributed by atoms with van der Waals surface area (Å²) in [6.07, 6.45) is 0.516. The Morgan fingerprint density at radius 3 is 2.00 bits per heavy atom. The third-order valence-electron chi connectivity index (χ3n) is 1.94. The molecule has 0 aromatic rings. The normalized spacial score (nSPS) is 13.5. The van der Waals surface area contributed by atoms with Gasteiger partial charge in [0.1, 0.15) is 5.76 Å².